The average Bonchev–Trinajstić information content (AvgIpc) is 2.15. The van der Waals surface area contributed by atoms with Gasteiger partial charge >= 0.3 is 0 Å². The Morgan fingerprint density at radius 3 is 2.19 bits per heavy atom. The van der Waals surface area contributed by atoms with Gasteiger partial charge in [0.05, 0.1) is 21.1 Å². The summed E-state index contributed by atoms with van der Waals surface area (Å²) in [5, 5.41) is 12.2. The van der Waals surface area contributed by atoms with Crippen molar-refractivity contribution >= 4 is 16.5 Å². The molecular weight excluding hydrogens is 222 g/mol. The van der Waals surface area contributed by atoms with Crippen molar-refractivity contribution in [2.75, 3.05) is 21.1 Å². The zero-order chi connectivity index (χ0) is 11.1. The zero-order valence-corrected chi connectivity index (χ0v) is 10.5. The van der Waals surface area contributed by atoms with Crippen LogP contribution in [-0.4, -0.2) is 26.2 Å². The quantitative estimate of drug-likeness (QED) is 0.678. The predicted molar refractivity (Wildman–Crippen MR) is 65.2 cm³/mol. The van der Waals surface area contributed by atoms with Crippen LogP contribution in [0.5, 0.6) is 5.75 Å². The van der Waals surface area contributed by atoms with E-state index in [0.717, 1.165) is 11.1 Å². The van der Waals surface area contributed by atoms with E-state index < -0.39 is 0 Å². The number of hydrogen-bond acceptors (Lipinski definition) is 1. The smallest absolute Gasteiger partial charge is 0.182 e. The lowest BCUT2D eigenvalue weighted by molar-refractivity contribution is -0.00000438. The Bertz CT molecular complexity index is 503. The Morgan fingerprint density at radius 2 is 1.56 bits per heavy atom. The van der Waals surface area contributed by atoms with E-state index in [1.165, 1.54) is 5.39 Å². The van der Waals surface area contributed by atoms with Crippen LogP contribution < -0.4 is 16.9 Å². The van der Waals surface area contributed by atoms with Gasteiger partial charge in [0.2, 0.25) is 0 Å². The first-order valence-corrected chi connectivity index (χ1v) is 5.03. The highest BCUT2D eigenvalue weighted by Gasteiger charge is 2.20. The van der Waals surface area contributed by atoms with E-state index in [2.05, 4.69) is 27.2 Å². The predicted octanol–water partition coefficient (Wildman–Crippen LogP) is -0.254. The van der Waals surface area contributed by atoms with E-state index in [1.807, 2.05) is 24.3 Å². The average molecular weight is 238 g/mol. The molecule has 2 aromatic rings. The van der Waals surface area contributed by atoms with Crippen molar-refractivity contribution in [2.24, 2.45) is 0 Å². The number of phenolic OH excluding ortho intramolecular Hbond substituents is 1. The van der Waals surface area contributed by atoms with Crippen molar-refractivity contribution in [3.8, 4) is 5.75 Å². The lowest BCUT2D eigenvalue weighted by Crippen LogP contribution is -3.00. The van der Waals surface area contributed by atoms with Crippen LogP contribution in [0.1, 0.15) is 0 Å². The molecule has 0 aliphatic rings. The molecule has 0 amide bonds. The van der Waals surface area contributed by atoms with E-state index in [4.69, 9.17) is 0 Å². The maximum absolute atomic E-state index is 9.93. The van der Waals surface area contributed by atoms with Crippen molar-refractivity contribution in [2.45, 2.75) is 0 Å². The monoisotopic (exact) mass is 237 g/mol. The Hall–Kier alpha value is -1.25. The highest BCUT2D eigenvalue weighted by atomic mass is 35.5. The van der Waals surface area contributed by atoms with Crippen LogP contribution in [0.15, 0.2) is 36.4 Å². The number of benzene rings is 2. The summed E-state index contributed by atoms with van der Waals surface area (Å²) in [5.74, 6) is 0.362. The lowest BCUT2D eigenvalue weighted by Gasteiger charge is -2.25. The Morgan fingerprint density at radius 1 is 0.938 bits per heavy atom. The van der Waals surface area contributed by atoms with Crippen molar-refractivity contribution in [1.29, 1.82) is 0 Å². The van der Waals surface area contributed by atoms with E-state index in [-0.39, 0.29) is 12.4 Å². The van der Waals surface area contributed by atoms with E-state index in [0.29, 0.717) is 10.2 Å². The second-order valence-corrected chi connectivity index (χ2v) is 4.67. The molecule has 0 aliphatic carbocycles. The minimum atomic E-state index is 0. The highest BCUT2D eigenvalue weighted by molar-refractivity contribution is 5.96. The van der Waals surface area contributed by atoms with Crippen LogP contribution in [0.3, 0.4) is 0 Å². The molecule has 0 saturated carbocycles. The number of rotatable bonds is 1. The fourth-order valence-electron chi connectivity index (χ4n) is 1.95. The van der Waals surface area contributed by atoms with Gasteiger partial charge in [0.15, 0.2) is 11.4 Å². The highest BCUT2D eigenvalue weighted by Crippen LogP contribution is 2.36. The van der Waals surface area contributed by atoms with Gasteiger partial charge in [-0.3, -0.25) is 4.48 Å². The minimum absolute atomic E-state index is 0. The SMILES string of the molecule is C[N+](C)(C)c1c(O)ccc2ccccc12.[Cl-]. The van der Waals surface area contributed by atoms with Crippen molar-refractivity contribution < 1.29 is 17.5 Å². The van der Waals surface area contributed by atoms with E-state index in [1.54, 1.807) is 6.07 Å². The molecule has 0 fully saturated rings. The number of aromatic hydroxyl groups is 1. The largest absolute Gasteiger partial charge is 1.00 e. The first kappa shape index (κ1) is 12.8. The molecule has 0 aromatic heterocycles. The molecule has 2 nitrogen and oxygen atoms in total. The van der Waals surface area contributed by atoms with Crippen LogP contribution in [0, 0.1) is 0 Å². The van der Waals surface area contributed by atoms with Gasteiger partial charge in [-0.2, -0.15) is 0 Å². The van der Waals surface area contributed by atoms with Gasteiger partial charge in [-0.05, 0) is 17.5 Å². The van der Waals surface area contributed by atoms with Gasteiger partial charge in [0.25, 0.3) is 0 Å². The molecule has 0 atom stereocenters. The summed E-state index contributed by atoms with van der Waals surface area (Å²) in [5.41, 5.74) is 0.966. The molecule has 0 radical (unpaired) electrons. The van der Waals surface area contributed by atoms with E-state index >= 15 is 0 Å². The summed E-state index contributed by atoms with van der Waals surface area (Å²) in [6.45, 7) is 0. The Kier molecular flexibility index (Phi) is 3.46. The van der Waals surface area contributed by atoms with Crippen molar-refractivity contribution in [1.82, 2.24) is 4.48 Å². The number of hydrogen-bond donors (Lipinski definition) is 1. The summed E-state index contributed by atoms with van der Waals surface area (Å²) in [6.07, 6.45) is 0. The molecule has 0 aliphatic heterocycles. The summed E-state index contributed by atoms with van der Waals surface area (Å²) in [7, 11) is 6.17. The van der Waals surface area contributed by atoms with Gasteiger partial charge in [0, 0.05) is 5.39 Å². The molecule has 0 unspecified atom stereocenters. The summed E-state index contributed by atoms with van der Waals surface area (Å²) in [6, 6.07) is 11.8. The number of phenols is 1. The summed E-state index contributed by atoms with van der Waals surface area (Å²) < 4.78 is 0.618. The van der Waals surface area contributed by atoms with E-state index in [9.17, 15) is 5.11 Å². The fourth-order valence-corrected chi connectivity index (χ4v) is 1.95. The van der Waals surface area contributed by atoms with Gasteiger partial charge in [-0.1, -0.05) is 24.3 Å². The first-order chi connectivity index (χ1) is 7.00. The van der Waals surface area contributed by atoms with Crippen LogP contribution in [0.2, 0.25) is 0 Å². The Balaban J connectivity index is 0.00000128. The molecule has 0 spiro atoms. The molecule has 16 heavy (non-hydrogen) atoms. The van der Waals surface area contributed by atoms with Crippen molar-refractivity contribution in [3.05, 3.63) is 36.4 Å². The number of nitrogens with zero attached hydrogens (tertiary/aromatic N) is 1. The third kappa shape index (κ3) is 2.13. The number of halogens is 1. The molecule has 0 bridgehead atoms. The van der Waals surface area contributed by atoms with Gasteiger partial charge in [0.1, 0.15) is 0 Å². The van der Waals surface area contributed by atoms with Gasteiger partial charge in [-0.25, -0.2) is 0 Å². The molecule has 86 valence electrons. The zero-order valence-electron chi connectivity index (χ0n) is 9.74. The maximum Gasteiger partial charge on any atom is 0.182 e. The van der Waals surface area contributed by atoms with Crippen molar-refractivity contribution in [3.63, 3.8) is 0 Å². The van der Waals surface area contributed by atoms with Crippen LogP contribution in [0.25, 0.3) is 10.8 Å². The molecule has 0 heterocycles. The third-order valence-corrected chi connectivity index (χ3v) is 2.55. The second kappa shape index (κ2) is 4.32. The van der Waals surface area contributed by atoms with Crippen LogP contribution >= 0.6 is 0 Å². The second-order valence-electron chi connectivity index (χ2n) is 4.67. The molecule has 1 N–H and O–H groups in total. The minimum Gasteiger partial charge on any atom is -1.00 e. The topological polar surface area (TPSA) is 20.2 Å². The van der Waals surface area contributed by atoms with Gasteiger partial charge < -0.3 is 17.5 Å². The summed E-state index contributed by atoms with van der Waals surface area (Å²) in [4.78, 5) is 0. The fraction of sp³-hybridized carbons (Fsp3) is 0.231. The molecule has 0 saturated heterocycles. The Labute approximate surface area is 102 Å². The third-order valence-electron chi connectivity index (χ3n) is 2.55. The normalized spacial score (nSPS) is 11.2. The van der Waals surface area contributed by atoms with Crippen LogP contribution in [-0.2, 0) is 0 Å². The number of fused-ring (bicyclic) bond motifs is 1. The molecule has 3 heteroatoms. The number of quaternary nitrogens is 1. The molecule has 2 aromatic carbocycles. The lowest BCUT2D eigenvalue weighted by atomic mass is 10.1. The summed E-state index contributed by atoms with van der Waals surface area (Å²) >= 11 is 0. The van der Waals surface area contributed by atoms with Gasteiger partial charge in [-0.15, -0.1) is 0 Å². The molecule has 2 rings (SSSR count). The molecular formula is C13H16ClNO. The first-order valence-electron chi connectivity index (χ1n) is 5.03. The maximum atomic E-state index is 9.93. The van der Waals surface area contributed by atoms with Crippen LogP contribution in [0.4, 0.5) is 5.69 Å². The standard InChI is InChI=1S/C13H15NO.ClH/c1-14(2,3)13-11-7-5-4-6-10(11)8-9-12(13)15;/h4-9H,1-3H3;1H.